The fraction of sp³-hybridized carbons (Fsp3) is 0.800. The van der Waals surface area contributed by atoms with Gasteiger partial charge in [-0.3, -0.25) is 0 Å². The molecule has 0 spiro atoms. The van der Waals surface area contributed by atoms with Crippen molar-refractivity contribution in [2.24, 2.45) is 5.92 Å². The average molecular weight is 282 g/mol. The molecule has 0 saturated heterocycles. The minimum atomic E-state index is 0.508. The van der Waals surface area contributed by atoms with E-state index in [0.29, 0.717) is 11.7 Å². The van der Waals surface area contributed by atoms with E-state index < -0.39 is 0 Å². The summed E-state index contributed by atoms with van der Waals surface area (Å²) in [4.78, 5) is 0. The fourth-order valence-electron chi connectivity index (χ4n) is 1.60. The van der Waals surface area contributed by atoms with Gasteiger partial charge in [-0.2, -0.15) is 0 Å². The summed E-state index contributed by atoms with van der Waals surface area (Å²) in [6, 6.07) is 0. The lowest BCUT2D eigenvalue weighted by atomic mass is 10.2. The lowest BCUT2D eigenvalue weighted by Gasteiger charge is -2.06. The number of nitrogens with zero attached hydrogens (tertiary/aromatic N) is 8. The Balaban J connectivity index is 1.98. The second-order valence-corrected chi connectivity index (χ2v) is 5.59. The van der Waals surface area contributed by atoms with Crippen LogP contribution in [0, 0.1) is 5.92 Å². The smallest absolute Gasteiger partial charge is 0.209 e. The molecule has 0 aliphatic rings. The molecule has 0 atom stereocenters. The average Bonchev–Trinajstić information content (AvgIpc) is 2.96. The Labute approximate surface area is 115 Å². The van der Waals surface area contributed by atoms with E-state index in [1.807, 2.05) is 9.36 Å². The maximum atomic E-state index is 4.03. The first-order valence-electron chi connectivity index (χ1n) is 6.34. The van der Waals surface area contributed by atoms with Gasteiger partial charge in [0.15, 0.2) is 5.82 Å². The maximum Gasteiger partial charge on any atom is 0.209 e. The number of thioether (sulfide) groups is 1. The van der Waals surface area contributed by atoms with Crippen molar-refractivity contribution in [3.8, 4) is 0 Å². The predicted octanol–water partition coefficient (Wildman–Crippen LogP) is 1.02. The number of aromatic nitrogens is 8. The molecule has 2 rings (SSSR count). The van der Waals surface area contributed by atoms with Crippen LogP contribution in [-0.2, 0) is 18.8 Å². The third-order valence-electron chi connectivity index (χ3n) is 2.41. The Bertz CT molecular complexity index is 505. The van der Waals surface area contributed by atoms with Crippen LogP contribution in [0.15, 0.2) is 5.16 Å². The lowest BCUT2D eigenvalue weighted by molar-refractivity contribution is 0.445. The van der Waals surface area contributed by atoms with E-state index >= 15 is 0 Å². The van der Waals surface area contributed by atoms with Gasteiger partial charge in [-0.25, -0.2) is 9.36 Å². The van der Waals surface area contributed by atoms with Crippen LogP contribution in [0.3, 0.4) is 0 Å². The van der Waals surface area contributed by atoms with E-state index in [1.165, 1.54) is 0 Å². The van der Waals surface area contributed by atoms with Crippen molar-refractivity contribution in [2.45, 2.75) is 51.2 Å². The molecule has 0 radical (unpaired) electrons. The van der Waals surface area contributed by atoms with Crippen LogP contribution in [0.4, 0.5) is 0 Å². The quantitative estimate of drug-likeness (QED) is 0.700. The predicted molar refractivity (Wildman–Crippen MR) is 70.3 cm³/mol. The van der Waals surface area contributed by atoms with Gasteiger partial charge in [0.05, 0.1) is 5.75 Å². The Morgan fingerprint density at radius 2 is 1.84 bits per heavy atom. The van der Waals surface area contributed by atoms with Crippen LogP contribution < -0.4 is 0 Å². The third kappa shape index (κ3) is 3.72. The summed E-state index contributed by atoms with van der Waals surface area (Å²) in [6.07, 6.45) is 1.01. The van der Waals surface area contributed by atoms with Gasteiger partial charge >= 0.3 is 0 Å². The molecule has 2 aromatic heterocycles. The highest BCUT2D eigenvalue weighted by molar-refractivity contribution is 7.98. The van der Waals surface area contributed by atoms with Crippen LogP contribution in [0.25, 0.3) is 0 Å². The van der Waals surface area contributed by atoms with Gasteiger partial charge in [0, 0.05) is 13.1 Å². The van der Waals surface area contributed by atoms with Gasteiger partial charge in [-0.05, 0) is 33.2 Å². The molecule has 0 aliphatic carbocycles. The second kappa shape index (κ2) is 6.60. The first kappa shape index (κ1) is 13.9. The SMILES string of the molecule is CCCn1nnnc1CSc1nnnn1CC(C)C. The molecule has 104 valence electrons. The van der Waals surface area contributed by atoms with Crippen molar-refractivity contribution in [2.75, 3.05) is 0 Å². The molecule has 2 aromatic rings. The number of hydrogen-bond donors (Lipinski definition) is 0. The minimum absolute atomic E-state index is 0.508. The number of rotatable bonds is 7. The van der Waals surface area contributed by atoms with E-state index in [2.05, 4.69) is 51.8 Å². The number of hydrogen-bond acceptors (Lipinski definition) is 7. The van der Waals surface area contributed by atoms with Crippen LogP contribution in [0.1, 0.15) is 33.0 Å². The summed E-state index contributed by atoms with van der Waals surface area (Å²) in [7, 11) is 0. The Morgan fingerprint density at radius 1 is 1.11 bits per heavy atom. The van der Waals surface area contributed by atoms with Crippen molar-refractivity contribution in [3.05, 3.63) is 5.82 Å². The Morgan fingerprint density at radius 3 is 2.58 bits per heavy atom. The molecular formula is C10H18N8S. The highest BCUT2D eigenvalue weighted by Gasteiger charge is 2.11. The molecule has 0 aliphatic heterocycles. The van der Waals surface area contributed by atoms with E-state index in [4.69, 9.17) is 0 Å². The highest BCUT2D eigenvalue weighted by Crippen LogP contribution is 2.19. The molecule has 9 heteroatoms. The third-order valence-corrected chi connectivity index (χ3v) is 3.36. The second-order valence-electron chi connectivity index (χ2n) is 4.64. The summed E-state index contributed by atoms with van der Waals surface area (Å²) >= 11 is 1.56. The zero-order chi connectivity index (χ0) is 13.7. The van der Waals surface area contributed by atoms with Gasteiger partial charge in [0.25, 0.3) is 0 Å². The first-order chi connectivity index (χ1) is 9.20. The molecule has 19 heavy (non-hydrogen) atoms. The molecule has 0 bridgehead atoms. The molecule has 0 fully saturated rings. The topological polar surface area (TPSA) is 87.2 Å². The first-order valence-corrected chi connectivity index (χ1v) is 7.33. The molecule has 0 amide bonds. The standard InChI is InChI=1S/C10H18N8S/c1-4-5-17-9(11-13-15-17)7-19-10-12-14-16-18(10)6-8(2)3/h8H,4-7H2,1-3H3. The largest absolute Gasteiger partial charge is 0.229 e. The molecular weight excluding hydrogens is 264 g/mol. The molecule has 0 unspecified atom stereocenters. The fourth-order valence-corrected chi connectivity index (χ4v) is 2.42. The van der Waals surface area contributed by atoms with Crippen molar-refractivity contribution in [3.63, 3.8) is 0 Å². The van der Waals surface area contributed by atoms with E-state index in [9.17, 15) is 0 Å². The van der Waals surface area contributed by atoms with Crippen molar-refractivity contribution < 1.29 is 0 Å². The van der Waals surface area contributed by atoms with Crippen LogP contribution in [-0.4, -0.2) is 40.4 Å². The summed E-state index contributed by atoms with van der Waals surface area (Å²) in [5, 5.41) is 24.2. The minimum Gasteiger partial charge on any atom is -0.229 e. The molecule has 0 aromatic carbocycles. The molecule has 0 saturated carbocycles. The normalized spacial score (nSPS) is 11.4. The van der Waals surface area contributed by atoms with Crippen LogP contribution in [0.2, 0.25) is 0 Å². The van der Waals surface area contributed by atoms with E-state index in [1.54, 1.807) is 11.8 Å². The van der Waals surface area contributed by atoms with Gasteiger partial charge in [-0.15, -0.1) is 10.2 Å². The molecule has 0 N–H and O–H groups in total. The van der Waals surface area contributed by atoms with Crippen LogP contribution in [0.5, 0.6) is 0 Å². The zero-order valence-electron chi connectivity index (χ0n) is 11.4. The summed E-state index contributed by atoms with van der Waals surface area (Å²) in [5.74, 6) is 2.03. The van der Waals surface area contributed by atoms with Gasteiger partial charge < -0.3 is 0 Å². The highest BCUT2D eigenvalue weighted by atomic mass is 32.2. The molecule has 8 nitrogen and oxygen atoms in total. The zero-order valence-corrected chi connectivity index (χ0v) is 12.2. The summed E-state index contributed by atoms with van der Waals surface area (Å²) in [6.45, 7) is 8.02. The van der Waals surface area contributed by atoms with Gasteiger partial charge in [-0.1, -0.05) is 32.5 Å². The van der Waals surface area contributed by atoms with Crippen molar-refractivity contribution in [1.29, 1.82) is 0 Å². The van der Waals surface area contributed by atoms with Crippen LogP contribution >= 0.6 is 11.8 Å². The van der Waals surface area contributed by atoms with E-state index in [-0.39, 0.29) is 0 Å². The van der Waals surface area contributed by atoms with E-state index in [0.717, 1.165) is 30.5 Å². The Kier molecular flexibility index (Phi) is 4.83. The number of aryl methyl sites for hydroxylation is 1. The van der Waals surface area contributed by atoms with Crippen molar-refractivity contribution >= 4 is 11.8 Å². The van der Waals surface area contributed by atoms with Gasteiger partial charge in [0.1, 0.15) is 0 Å². The molecule has 2 heterocycles. The van der Waals surface area contributed by atoms with Crippen molar-refractivity contribution in [1.82, 2.24) is 40.4 Å². The lowest BCUT2D eigenvalue weighted by Crippen LogP contribution is -2.08. The summed E-state index contributed by atoms with van der Waals surface area (Å²) in [5.41, 5.74) is 0. The summed E-state index contributed by atoms with van der Waals surface area (Å²) < 4.78 is 3.65. The Hall–Kier alpha value is -1.51. The van der Waals surface area contributed by atoms with Gasteiger partial charge in [0.2, 0.25) is 5.16 Å². The maximum absolute atomic E-state index is 4.03. The monoisotopic (exact) mass is 282 g/mol. The number of tetrazole rings is 2.